The average molecular weight is 806 g/mol. The van der Waals surface area contributed by atoms with Gasteiger partial charge in [-0.15, -0.1) is 6.07 Å². The third-order valence-electron chi connectivity index (χ3n) is 14.4. The maximum atomic E-state index is 6.79. The molecule has 1 N–H and O–H groups in total. The van der Waals surface area contributed by atoms with Crippen molar-refractivity contribution in [3.8, 4) is 33.9 Å². The summed E-state index contributed by atoms with van der Waals surface area (Å²) >= 11 is 0. The van der Waals surface area contributed by atoms with Gasteiger partial charge in [-0.3, -0.25) is 4.57 Å². The zero-order valence-electron chi connectivity index (χ0n) is 38.4. The van der Waals surface area contributed by atoms with E-state index in [-0.39, 0.29) is 16.9 Å². The fourth-order valence-electron chi connectivity index (χ4n) is 10.6. The van der Waals surface area contributed by atoms with Crippen LogP contribution in [0.3, 0.4) is 0 Å². The second kappa shape index (κ2) is 15.1. The van der Waals surface area contributed by atoms with Crippen LogP contribution in [0.1, 0.15) is 163 Å². The number of aromatic nitrogens is 1. The molecular weight excluding hydrogens is 743 g/mol. The van der Waals surface area contributed by atoms with Crippen LogP contribution in [0.15, 0.2) is 115 Å². The first-order valence-corrected chi connectivity index (χ1v) is 22.6. The van der Waals surface area contributed by atoms with Gasteiger partial charge in [0.1, 0.15) is 11.4 Å². The maximum Gasteiger partial charge on any atom is 0.188 e. The van der Waals surface area contributed by atoms with Crippen LogP contribution < -0.4 is 19.5 Å². The van der Waals surface area contributed by atoms with E-state index in [1.165, 1.54) is 78.2 Å². The number of fused-ring (bicyclic) bond motifs is 5. The zero-order chi connectivity index (χ0) is 43.1. The van der Waals surface area contributed by atoms with Gasteiger partial charge in [0.2, 0.25) is 0 Å². The Hall–Kier alpha value is -5.61. The Balaban J connectivity index is 1.14. The number of rotatable bonds is 9. The molecule has 3 heterocycles. The Bertz CT molecular complexity index is 2660. The molecule has 0 saturated carbocycles. The predicted octanol–water partition coefficient (Wildman–Crippen LogP) is 14.3. The van der Waals surface area contributed by atoms with Crippen LogP contribution in [0.4, 0.5) is 5.69 Å². The molecule has 312 valence electrons. The van der Waals surface area contributed by atoms with Crippen LogP contribution in [0.25, 0.3) is 28.1 Å². The largest absolute Gasteiger partial charge is 0.477 e. The fraction of sp³-hybridized carbons (Fsp3) is 0.351. The summed E-state index contributed by atoms with van der Waals surface area (Å²) in [5.74, 6) is 3.12. The van der Waals surface area contributed by atoms with E-state index < -0.39 is 0 Å². The molecule has 0 radical (unpaired) electrons. The fourth-order valence-corrected chi connectivity index (χ4v) is 10.6. The first-order valence-electron chi connectivity index (χ1n) is 22.6. The lowest BCUT2D eigenvalue weighted by Crippen LogP contribution is -2.41. The Morgan fingerprint density at radius 3 is 1.85 bits per heavy atom. The van der Waals surface area contributed by atoms with Crippen LogP contribution in [-0.2, 0) is 10.8 Å². The first kappa shape index (κ1) is 40.8. The number of nitrogens with zero attached hydrogens (tertiary/aromatic N) is 2. The van der Waals surface area contributed by atoms with Crippen LogP contribution in [0, 0.1) is 6.20 Å². The molecular formula is C57H63N3O. The zero-order valence-corrected chi connectivity index (χ0v) is 38.4. The molecule has 1 unspecified atom stereocenters. The van der Waals surface area contributed by atoms with E-state index in [2.05, 4.69) is 219 Å². The van der Waals surface area contributed by atoms with Gasteiger partial charge in [0.25, 0.3) is 0 Å². The van der Waals surface area contributed by atoms with Crippen molar-refractivity contribution in [3.05, 3.63) is 172 Å². The third-order valence-corrected chi connectivity index (χ3v) is 14.4. The van der Waals surface area contributed by atoms with Crippen molar-refractivity contribution in [1.29, 1.82) is 0 Å². The molecule has 6 aromatic rings. The number of ether oxygens (including phenoxy) is 1. The van der Waals surface area contributed by atoms with Gasteiger partial charge in [-0.25, -0.2) is 0 Å². The Labute approximate surface area is 365 Å². The minimum absolute atomic E-state index is 0.0514. The topological polar surface area (TPSA) is 28.4 Å². The van der Waals surface area contributed by atoms with Crippen LogP contribution >= 0.6 is 0 Å². The summed E-state index contributed by atoms with van der Waals surface area (Å²) < 4.78 is 9.17. The molecule has 4 heteroatoms. The molecule has 0 spiro atoms. The lowest BCUT2D eigenvalue weighted by atomic mass is 9.59. The Kier molecular flexibility index (Phi) is 10.1. The molecule has 0 amide bonds. The molecule has 1 aromatic heterocycles. The van der Waals surface area contributed by atoms with Crippen LogP contribution in [0.2, 0.25) is 0 Å². The highest BCUT2D eigenvalue weighted by Gasteiger charge is 2.52. The quantitative estimate of drug-likeness (QED) is 0.116. The van der Waals surface area contributed by atoms with Crippen molar-refractivity contribution in [2.45, 2.75) is 124 Å². The minimum atomic E-state index is -0.210. The van der Waals surface area contributed by atoms with E-state index >= 15 is 0 Å². The summed E-state index contributed by atoms with van der Waals surface area (Å²) in [4.78, 5) is 2.29. The van der Waals surface area contributed by atoms with Crippen molar-refractivity contribution >= 4 is 11.4 Å². The molecule has 0 saturated heterocycles. The second-order valence-corrected chi connectivity index (χ2v) is 19.9. The van der Waals surface area contributed by atoms with Gasteiger partial charge in [-0.1, -0.05) is 168 Å². The van der Waals surface area contributed by atoms with Crippen molar-refractivity contribution in [2.75, 3.05) is 11.6 Å². The van der Waals surface area contributed by atoms with Crippen molar-refractivity contribution < 1.29 is 9.30 Å². The van der Waals surface area contributed by atoms with Gasteiger partial charge in [0.05, 0.1) is 18.1 Å². The Morgan fingerprint density at radius 2 is 1.21 bits per heavy atom. The molecule has 3 aliphatic rings. The SMILES string of the molecule is CC(C)c1cccc(C(C)C)c1C1=CN(c2cccc(Oc3[c-][n+]4c(cc3)-c3cccc5c3C4c3cccc(-c4c(C(C)C)cccc4C(C)C)c3C(C)(C)C5(C)C)c2)CN1. The van der Waals surface area contributed by atoms with Crippen molar-refractivity contribution in [2.24, 2.45) is 0 Å². The summed E-state index contributed by atoms with van der Waals surface area (Å²) in [6.07, 6.45) is 6.10. The van der Waals surface area contributed by atoms with Gasteiger partial charge in [0, 0.05) is 34.6 Å². The monoisotopic (exact) mass is 805 g/mol. The van der Waals surface area contributed by atoms with Gasteiger partial charge in [0.15, 0.2) is 12.2 Å². The summed E-state index contributed by atoms with van der Waals surface area (Å²) in [6.45, 7) is 29.0. The molecule has 1 aliphatic carbocycles. The predicted molar refractivity (Wildman–Crippen MR) is 254 cm³/mol. The highest BCUT2D eigenvalue weighted by Crippen LogP contribution is 2.57. The molecule has 4 nitrogen and oxygen atoms in total. The molecule has 9 rings (SSSR count). The van der Waals surface area contributed by atoms with E-state index in [1.54, 1.807) is 0 Å². The molecule has 0 fully saturated rings. The highest BCUT2D eigenvalue weighted by atomic mass is 16.5. The summed E-state index contributed by atoms with van der Waals surface area (Å²) in [7, 11) is 0. The van der Waals surface area contributed by atoms with Gasteiger partial charge >= 0.3 is 0 Å². The Morgan fingerprint density at radius 1 is 0.639 bits per heavy atom. The maximum absolute atomic E-state index is 6.79. The molecule has 61 heavy (non-hydrogen) atoms. The number of benzene rings is 5. The lowest BCUT2D eigenvalue weighted by molar-refractivity contribution is -0.693. The van der Waals surface area contributed by atoms with E-state index in [0.717, 1.165) is 11.4 Å². The third kappa shape index (κ3) is 6.51. The van der Waals surface area contributed by atoms with E-state index in [4.69, 9.17) is 4.74 Å². The first-order chi connectivity index (χ1) is 29.1. The number of hydrogen-bond acceptors (Lipinski definition) is 3. The van der Waals surface area contributed by atoms with Crippen LogP contribution in [-0.4, -0.2) is 6.67 Å². The second-order valence-electron chi connectivity index (χ2n) is 19.9. The standard InChI is InChI=1S/C57H63N3O/c1-34(2)41-20-14-21-42(35(3)4)51(41)46-25-16-26-47-54(46)57(11,12)56(9,10)48-27-17-24-45-50-29-28-40(31-60(50)55(47)53(45)48)61-39-19-13-18-38(30-39)59-32-49(58-33-59)52-43(36(5)6)22-15-23-44(52)37(7)8/h13-30,32,34-37,55,58H,33H2,1-12H3. The molecule has 5 aromatic carbocycles. The van der Waals surface area contributed by atoms with Crippen molar-refractivity contribution in [1.82, 2.24) is 5.32 Å². The van der Waals surface area contributed by atoms with Crippen LogP contribution in [0.5, 0.6) is 11.5 Å². The number of hydrogen-bond donors (Lipinski definition) is 1. The number of nitrogens with one attached hydrogen (secondary N) is 1. The normalized spacial score (nSPS) is 17.0. The van der Waals surface area contributed by atoms with Gasteiger partial charge < -0.3 is 15.0 Å². The number of anilines is 1. The molecule has 0 bridgehead atoms. The van der Waals surface area contributed by atoms with Gasteiger partial charge in [-0.2, -0.15) is 0 Å². The summed E-state index contributed by atoms with van der Waals surface area (Å²) in [6, 6.07) is 40.5. The van der Waals surface area contributed by atoms with E-state index in [9.17, 15) is 0 Å². The van der Waals surface area contributed by atoms with Gasteiger partial charge in [-0.05, 0) is 96.7 Å². The molecule has 1 atom stereocenters. The minimum Gasteiger partial charge on any atom is -0.477 e. The highest BCUT2D eigenvalue weighted by molar-refractivity contribution is 5.81. The number of pyridine rings is 1. The molecule has 2 aliphatic heterocycles. The summed E-state index contributed by atoms with van der Waals surface area (Å²) in [5, 5.41) is 3.73. The summed E-state index contributed by atoms with van der Waals surface area (Å²) in [5.41, 5.74) is 19.6. The smallest absolute Gasteiger partial charge is 0.188 e. The van der Waals surface area contributed by atoms with Crippen molar-refractivity contribution in [3.63, 3.8) is 0 Å². The lowest BCUT2D eigenvalue weighted by Gasteiger charge is -2.44. The average Bonchev–Trinajstić information content (AvgIpc) is 3.84. The van der Waals surface area contributed by atoms with E-state index in [1.807, 2.05) is 0 Å². The van der Waals surface area contributed by atoms with E-state index in [0.29, 0.717) is 36.1 Å².